The lowest BCUT2D eigenvalue weighted by Gasteiger charge is -2.28. The highest BCUT2D eigenvalue weighted by Gasteiger charge is 2.34. The molecule has 0 N–H and O–H groups in total. The summed E-state index contributed by atoms with van der Waals surface area (Å²) in [7, 11) is 0. The maximum Gasteiger partial charge on any atom is 0.266 e. The summed E-state index contributed by atoms with van der Waals surface area (Å²) in [4.78, 5) is 28.8. The largest absolute Gasteiger partial charge is 0.341 e. The van der Waals surface area contributed by atoms with Crippen LogP contribution in [0.4, 0.5) is 0 Å². The van der Waals surface area contributed by atoms with Gasteiger partial charge in [-0.1, -0.05) is 52.0 Å². The number of likely N-dealkylation sites (tertiary alicyclic amines) is 1. The molecule has 2 aliphatic heterocycles. The van der Waals surface area contributed by atoms with Crippen molar-refractivity contribution >= 4 is 62.1 Å². The van der Waals surface area contributed by atoms with Crippen LogP contribution < -0.4 is 0 Å². The van der Waals surface area contributed by atoms with Crippen LogP contribution in [0.5, 0.6) is 0 Å². The van der Waals surface area contributed by atoms with Crippen molar-refractivity contribution in [1.82, 2.24) is 9.80 Å². The molecule has 126 valence electrons. The molecule has 0 radical (unpaired) electrons. The third-order valence-corrected chi connectivity index (χ3v) is 5.89. The van der Waals surface area contributed by atoms with E-state index in [4.69, 9.17) is 12.2 Å². The Bertz CT molecular complexity index is 714. The van der Waals surface area contributed by atoms with E-state index in [1.807, 2.05) is 35.2 Å². The van der Waals surface area contributed by atoms with Gasteiger partial charge in [-0.15, -0.1) is 0 Å². The molecular weight excluding hydrogens is 408 g/mol. The van der Waals surface area contributed by atoms with Crippen molar-refractivity contribution in [2.75, 3.05) is 19.6 Å². The van der Waals surface area contributed by atoms with E-state index in [-0.39, 0.29) is 18.4 Å². The number of thioether (sulfide) groups is 1. The fraction of sp³-hybridized carbons (Fsp3) is 0.353. The lowest BCUT2D eigenvalue weighted by molar-refractivity contribution is -0.136. The molecule has 3 rings (SSSR count). The van der Waals surface area contributed by atoms with Crippen LogP contribution in [-0.2, 0) is 9.59 Å². The van der Waals surface area contributed by atoms with Crippen LogP contribution in [0.1, 0.15) is 24.8 Å². The van der Waals surface area contributed by atoms with E-state index in [1.54, 1.807) is 0 Å². The minimum atomic E-state index is -0.185. The number of benzene rings is 1. The summed E-state index contributed by atoms with van der Waals surface area (Å²) < 4.78 is 1.40. The molecule has 0 atom stereocenters. The predicted octanol–water partition coefficient (Wildman–Crippen LogP) is 3.66. The van der Waals surface area contributed by atoms with Crippen molar-refractivity contribution in [1.29, 1.82) is 0 Å². The molecule has 7 heteroatoms. The van der Waals surface area contributed by atoms with Crippen LogP contribution in [0.2, 0.25) is 0 Å². The summed E-state index contributed by atoms with van der Waals surface area (Å²) >= 11 is 9.98. The van der Waals surface area contributed by atoms with Crippen molar-refractivity contribution in [3.8, 4) is 0 Å². The summed E-state index contributed by atoms with van der Waals surface area (Å²) in [6.07, 6.45) is 5.05. The Morgan fingerprint density at radius 1 is 1.29 bits per heavy atom. The smallest absolute Gasteiger partial charge is 0.266 e. The second-order valence-corrected chi connectivity index (χ2v) is 8.36. The Balaban J connectivity index is 1.71. The van der Waals surface area contributed by atoms with Crippen LogP contribution in [-0.4, -0.2) is 45.6 Å². The second kappa shape index (κ2) is 7.80. The highest BCUT2D eigenvalue weighted by molar-refractivity contribution is 9.10. The molecule has 1 aromatic carbocycles. The lowest BCUT2D eigenvalue weighted by atomic mass is 10.1. The van der Waals surface area contributed by atoms with E-state index < -0.39 is 0 Å². The number of hydrogen-bond donors (Lipinski definition) is 0. The molecule has 0 unspecified atom stereocenters. The summed E-state index contributed by atoms with van der Waals surface area (Å²) in [6.45, 7) is 1.60. The lowest BCUT2D eigenvalue weighted by Crippen LogP contribution is -2.44. The monoisotopic (exact) mass is 424 g/mol. The Hall–Kier alpha value is -1.18. The number of piperidine rings is 1. The van der Waals surface area contributed by atoms with E-state index >= 15 is 0 Å². The van der Waals surface area contributed by atoms with Gasteiger partial charge >= 0.3 is 0 Å². The van der Waals surface area contributed by atoms with Gasteiger partial charge in [-0.2, -0.15) is 0 Å². The van der Waals surface area contributed by atoms with Crippen molar-refractivity contribution in [2.24, 2.45) is 0 Å². The highest BCUT2D eigenvalue weighted by Crippen LogP contribution is 2.32. The normalized spacial score (nSPS) is 20.1. The first-order valence-corrected chi connectivity index (χ1v) is 9.85. The van der Waals surface area contributed by atoms with Crippen LogP contribution >= 0.6 is 39.9 Å². The first-order chi connectivity index (χ1) is 11.5. The molecule has 2 heterocycles. The van der Waals surface area contributed by atoms with Gasteiger partial charge in [-0.25, -0.2) is 0 Å². The molecule has 0 spiro atoms. The van der Waals surface area contributed by atoms with Gasteiger partial charge in [0.15, 0.2) is 0 Å². The van der Waals surface area contributed by atoms with E-state index in [2.05, 4.69) is 15.9 Å². The quantitative estimate of drug-likeness (QED) is 0.548. The zero-order chi connectivity index (χ0) is 17.1. The molecule has 24 heavy (non-hydrogen) atoms. The van der Waals surface area contributed by atoms with Crippen molar-refractivity contribution in [3.05, 3.63) is 39.2 Å². The van der Waals surface area contributed by atoms with Gasteiger partial charge in [-0.3, -0.25) is 14.5 Å². The average Bonchev–Trinajstić information content (AvgIpc) is 2.83. The van der Waals surface area contributed by atoms with Gasteiger partial charge in [0.2, 0.25) is 5.91 Å². The Labute approximate surface area is 159 Å². The number of carbonyl (C=O) groups is 2. The second-order valence-electron chi connectivity index (χ2n) is 5.76. The third kappa shape index (κ3) is 4.07. The summed E-state index contributed by atoms with van der Waals surface area (Å²) in [6, 6.07) is 7.71. The topological polar surface area (TPSA) is 40.6 Å². The first-order valence-electron chi connectivity index (χ1n) is 7.83. The highest BCUT2D eigenvalue weighted by atomic mass is 79.9. The van der Waals surface area contributed by atoms with Crippen LogP contribution in [0.15, 0.2) is 33.6 Å². The zero-order valence-corrected chi connectivity index (χ0v) is 16.3. The molecule has 1 aromatic rings. The summed E-state index contributed by atoms with van der Waals surface area (Å²) in [5.74, 6) is -0.204. The van der Waals surface area contributed by atoms with Gasteiger partial charge in [0.05, 0.1) is 4.91 Å². The molecule has 2 saturated heterocycles. The number of nitrogens with zero attached hydrogens (tertiary/aromatic N) is 2. The number of hydrogen-bond acceptors (Lipinski definition) is 4. The van der Waals surface area contributed by atoms with Crippen LogP contribution in [0.25, 0.3) is 6.08 Å². The van der Waals surface area contributed by atoms with Gasteiger partial charge in [0.1, 0.15) is 10.9 Å². The van der Waals surface area contributed by atoms with E-state index in [0.717, 1.165) is 36.0 Å². The molecule has 4 nitrogen and oxygen atoms in total. The molecular formula is C17H17BrN2O2S2. The van der Waals surface area contributed by atoms with E-state index in [9.17, 15) is 9.59 Å². The van der Waals surface area contributed by atoms with Crippen molar-refractivity contribution in [2.45, 2.75) is 19.3 Å². The molecule has 0 saturated carbocycles. The Kier molecular flexibility index (Phi) is 5.73. The third-order valence-electron chi connectivity index (χ3n) is 4.02. The molecule has 0 bridgehead atoms. The predicted molar refractivity (Wildman–Crippen MR) is 104 cm³/mol. The molecule has 0 aromatic heterocycles. The fourth-order valence-electron chi connectivity index (χ4n) is 2.76. The standard InChI is InChI=1S/C17H17BrN2O2S2/c18-13-6-4-5-12(9-13)10-14-16(22)20(17(23)24-14)11-15(21)19-7-2-1-3-8-19/h4-6,9-10H,1-3,7-8,11H2/b14-10-. The zero-order valence-electron chi connectivity index (χ0n) is 13.0. The molecule has 2 aliphatic rings. The van der Waals surface area contributed by atoms with Gasteiger partial charge < -0.3 is 4.90 Å². The van der Waals surface area contributed by atoms with Crippen LogP contribution in [0, 0.1) is 0 Å². The van der Waals surface area contributed by atoms with Gasteiger partial charge in [0, 0.05) is 17.6 Å². The number of amides is 2. The van der Waals surface area contributed by atoms with Crippen LogP contribution in [0.3, 0.4) is 0 Å². The SMILES string of the molecule is O=C(CN1C(=O)/C(=C/c2cccc(Br)c2)SC1=S)N1CCCCC1. The first kappa shape index (κ1) is 17.6. The Morgan fingerprint density at radius 3 is 2.75 bits per heavy atom. The Morgan fingerprint density at radius 2 is 2.04 bits per heavy atom. The van der Waals surface area contributed by atoms with Crippen molar-refractivity contribution in [3.63, 3.8) is 0 Å². The number of halogens is 1. The molecule has 0 aliphatic carbocycles. The number of thiocarbonyl (C=S) groups is 1. The summed E-state index contributed by atoms with van der Waals surface area (Å²) in [5, 5.41) is 0. The van der Waals surface area contributed by atoms with E-state index in [1.165, 1.54) is 23.1 Å². The summed E-state index contributed by atoms with van der Waals surface area (Å²) in [5.41, 5.74) is 0.923. The molecule has 2 fully saturated rings. The van der Waals surface area contributed by atoms with Gasteiger partial charge in [0.25, 0.3) is 5.91 Å². The van der Waals surface area contributed by atoms with Crippen molar-refractivity contribution < 1.29 is 9.59 Å². The minimum absolute atomic E-state index is 0.0188. The minimum Gasteiger partial charge on any atom is -0.341 e. The fourth-order valence-corrected chi connectivity index (χ4v) is 4.43. The maximum absolute atomic E-state index is 12.6. The van der Waals surface area contributed by atoms with Gasteiger partial charge in [-0.05, 0) is 43.0 Å². The molecule has 2 amide bonds. The van der Waals surface area contributed by atoms with E-state index in [0.29, 0.717) is 9.23 Å². The maximum atomic E-state index is 12.6. The number of rotatable bonds is 3. The number of carbonyl (C=O) groups excluding carboxylic acids is 2. The average molecular weight is 425 g/mol.